The Morgan fingerprint density at radius 1 is 1.23 bits per heavy atom. The molecule has 186 valence electrons. The maximum absolute atomic E-state index is 14.4. The summed E-state index contributed by atoms with van der Waals surface area (Å²) < 4.78 is 82.2. The highest BCUT2D eigenvalue weighted by Gasteiger charge is 2.65. The monoisotopic (exact) mass is 496 g/mol. The number of aromatic nitrogens is 3. The van der Waals surface area contributed by atoms with Gasteiger partial charge in [-0.15, -0.1) is 0 Å². The number of carbonyl (C=O) groups excluding carboxylic acids is 1. The van der Waals surface area contributed by atoms with Crippen LogP contribution in [0.1, 0.15) is 25.3 Å². The van der Waals surface area contributed by atoms with Gasteiger partial charge in [-0.2, -0.15) is 17.6 Å². The largest absolute Gasteiger partial charge is 0.493 e. The number of nitrogens with one attached hydrogen (secondary N) is 1. The van der Waals surface area contributed by atoms with Crippen LogP contribution in [-0.2, 0) is 9.53 Å². The number of anilines is 1. The number of benzene rings is 1. The smallest absolute Gasteiger partial charge is 0.417 e. The van der Waals surface area contributed by atoms with Crippen LogP contribution in [0.25, 0.3) is 5.82 Å². The van der Waals surface area contributed by atoms with Gasteiger partial charge in [0.2, 0.25) is 5.82 Å². The molecule has 0 saturated carbocycles. The van der Waals surface area contributed by atoms with Gasteiger partial charge in [0.25, 0.3) is 5.91 Å². The first-order chi connectivity index (χ1) is 16.5. The van der Waals surface area contributed by atoms with Crippen LogP contribution in [-0.4, -0.2) is 45.4 Å². The van der Waals surface area contributed by atoms with Gasteiger partial charge in [-0.05, 0) is 25.1 Å². The zero-order chi connectivity index (χ0) is 25.5. The van der Waals surface area contributed by atoms with Crippen LogP contribution in [0.5, 0.6) is 5.75 Å². The lowest BCUT2D eigenvalue weighted by Crippen LogP contribution is -2.47. The number of pyridine rings is 1. The molecule has 1 fully saturated rings. The Bertz CT molecular complexity index is 1220. The fourth-order valence-corrected chi connectivity index (χ4v) is 4.26. The fraction of sp³-hybridized carbons (Fsp3) is 0.348. The van der Waals surface area contributed by atoms with Crippen molar-refractivity contribution in [2.75, 3.05) is 12.4 Å². The van der Waals surface area contributed by atoms with Crippen molar-refractivity contribution in [2.24, 2.45) is 5.92 Å². The molecule has 0 unspecified atom stereocenters. The van der Waals surface area contributed by atoms with Crippen LogP contribution in [0.15, 0.2) is 49.2 Å². The number of amides is 1. The second-order valence-electron chi connectivity index (χ2n) is 8.31. The van der Waals surface area contributed by atoms with Gasteiger partial charge >= 0.3 is 6.18 Å². The van der Waals surface area contributed by atoms with Crippen molar-refractivity contribution in [3.05, 3.63) is 66.4 Å². The van der Waals surface area contributed by atoms with Crippen molar-refractivity contribution in [3.63, 3.8) is 0 Å². The molecule has 12 heteroatoms. The molecule has 1 aromatic carbocycles. The van der Waals surface area contributed by atoms with E-state index in [1.54, 1.807) is 23.0 Å². The van der Waals surface area contributed by atoms with Gasteiger partial charge in [0.15, 0.2) is 17.2 Å². The number of alkyl halides is 3. The first kappa shape index (κ1) is 24.6. The number of nitrogens with zero attached hydrogens (tertiary/aromatic N) is 3. The van der Waals surface area contributed by atoms with Crippen molar-refractivity contribution in [2.45, 2.75) is 37.6 Å². The molecule has 1 N–H and O–H groups in total. The summed E-state index contributed by atoms with van der Waals surface area (Å²) in [5.41, 5.74) is -2.65. The summed E-state index contributed by atoms with van der Waals surface area (Å²) in [6.45, 7) is 2.07. The summed E-state index contributed by atoms with van der Waals surface area (Å²) in [7, 11) is 1.06. The van der Waals surface area contributed by atoms with Gasteiger partial charge in [0.1, 0.15) is 18.2 Å². The molecule has 0 aliphatic carbocycles. The van der Waals surface area contributed by atoms with Crippen LogP contribution < -0.4 is 10.1 Å². The molecule has 35 heavy (non-hydrogen) atoms. The van der Waals surface area contributed by atoms with Crippen molar-refractivity contribution >= 4 is 11.6 Å². The molecule has 1 saturated heterocycles. The quantitative estimate of drug-likeness (QED) is 0.521. The first-order valence-electron chi connectivity index (χ1n) is 10.5. The van der Waals surface area contributed by atoms with E-state index < -0.39 is 53.0 Å². The predicted octanol–water partition coefficient (Wildman–Crippen LogP) is 4.63. The van der Waals surface area contributed by atoms with E-state index in [2.05, 4.69) is 15.3 Å². The first-order valence-corrected chi connectivity index (χ1v) is 10.5. The molecule has 3 aromatic rings. The van der Waals surface area contributed by atoms with E-state index in [0.29, 0.717) is 5.82 Å². The van der Waals surface area contributed by atoms with Crippen LogP contribution in [0.3, 0.4) is 0 Å². The lowest BCUT2D eigenvalue weighted by molar-refractivity contribution is -0.272. The number of hydrogen-bond acceptors (Lipinski definition) is 5. The second-order valence-corrected chi connectivity index (χ2v) is 8.31. The summed E-state index contributed by atoms with van der Waals surface area (Å²) in [5, 5.41) is 2.50. The minimum atomic E-state index is -4.85. The zero-order valence-corrected chi connectivity index (χ0v) is 18.8. The average Bonchev–Trinajstić information content (AvgIpc) is 3.44. The molecule has 7 nitrogen and oxygen atoms in total. The number of carbonyl (C=O) groups is 1. The molecule has 0 radical (unpaired) electrons. The lowest BCUT2D eigenvalue weighted by atomic mass is 9.77. The third kappa shape index (κ3) is 4.22. The van der Waals surface area contributed by atoms with E-state index in [-0.39, 0.29) is 11.3 Å². The van der Waals surface area contributed by atoms with Gasteiger partial charge < -0.3 is 14.8 Å². The Kier molecular flexibility index (Phi) is 6.26. The lowest BCUT2D eigenvalue weighted by Gasteiger charge is -2.32. The number of hydrogen-bond donors (Lipinski definition) is 1. The van der Waals surface area contributed by atoms with Crippen LogP contribution >= 0.6 is 0 Å². The van der Waals surface area contributed by atoms with E-state index >= 15 is 0 Å². The van der Waals surface area contributed by atoms with Crippen LogP contribution in [0.4, 0.5) is 27.6 Å². The zero-order valence-electron chi connectivity index (χ0n) is 18.8. The highest BCUT2D eigenvalue weighted by Crippen LogP contribution is 2.55. The number of halogens is 5. The second kappa shape index (κ2) is 8.91. The van der Waals surface area contributed by atoms with Gasteiger partial charge in [-0.3, -0.25) is 9.36 Å². The van der Waals surface area contributed by atoms with Gasteiger partial charge in [-0.25, -0.2) is 14.4 Å². The van der Waals surface area contributed by atoms with E-state index in [0.717, 1.165) is 26.2 Å². The third-order valence-electron chi connectivity index (χ3n) is 6.35. The van der Waals surface area contributed by atoms with Crippen molar-refractivity contribution < 1.29 is 36.2 Å². The van der Waals surface area contributed by atoms with Gasteiger partial charge in [0, 0.05) is 29.8 Å². The minimum Gasteiger partial charge on any atom is -0.493 e. The molecule has 0 bridgehead atoms. The number of rotatable bonds is 5. The molecule has 3 heterocycles. The number of methoxy groups -OCH3 is 1. The number of ether oxygens (including phenoxy) is 2. The molecule has 2 aromatic heterocycles. The molecule has 4 atom stereocenters. The highest BCUT2D eigenvalue weighted by molar-refractivity contribution is 5.95. The Morgan fingerprint density at radius 3 is 2.54 bits per heavy atom. The van der Waals surface area contributed by atoms with Crippen molar-refractivity contribution in [1.29, 1.82) is 0 Å². The fourth-order valence-electron chi connectivity index (χ4n) is 4.26. The minimum absolute atomic E-state index is 0.111. The normalized spacial score (nSPS) is 24.4. The molecule has 1 aliphatic heterocycles. The van der Waals surface area contributed by atoms with E-state index in [1.165, 1.54) is 25.5 Å². The molecule has 1 aliphatic rings. The maximum atomic E-state index is 14.4. The van der Waals surface area contributed by atoms with Crippen molar-refractivity contribution in [1.82, 2.24) is 14.5 Å². The summed E-state index contributed by atoms with van der Waals surface area (Å²) in [6, 6.07) is 4.96. The van der Waals surface area contributed by atoms with Crippen molar-refractivity contribution in [3.8, 4) is 11.6 Å². The van der Waals surface area contributed by atoms with Gasteiger partial charge in [0.05, 0.1) is 19.0 Å². The van der Waals surface area contributed by atoms with E-state index in [1.807, 2.05) is 0 Å². The summed E-state index contributed by atoms with van der Waals surface area (Å²) in [6.07, 6.45) is -0.483. The maximum Gasteiger partial charge on any atom is 0.417 e. The summed E-state index contributed by atoms with van der Waals surface area (Å²) >= 11 is 0. The molecule has 0 spiro atoms. The molecule has 4 rings (SSSR count). The average molecular weight is 496 g/mol. The Morgan fingerprint density at radius 2 is 1.97 bits per heavy atom. The standard InChI is InChI=1S/C23H21F5N4O3/c1-12-17(14-5-6-15(24)18(25)19(14)34-3)20(35-22(12,2)23(26,27)28)21(33)31-13-4-7-16(30-10-13)32-9-8-29-11-32/h4-12,17,20H,1-3H3,(H,31,33)/t12-,17-,20+,22+/m0/s1. The summed E-state index contributed by atoms with van der Waals surface area (Å²) in [5.74, 6) is -6.24. The Labute approximate surface area is 196 Å². The van der Waals surface area contributed by atoms with Crippen LogP contribution in [0.2, 0.25) is 0 Å². The molecule has 1 amide bonds. The topological polar surface area (TPSA) is 78.3 Å². The predicted molar refractivity (Wildman–Crippen MR) is 114 cm³/mol. The van der Waals surface area contributed by atoms with Crippen LogP contribution in [0, 0.1) is 17.6 Å². The Balaban J connectivity index is 1.69. The third-order valence-corrected chi connectivity index (χ3v) is 6.35. The Hall–Kier alpha value is -3.54. The van der Waals surface area contributed by atoms with E-state index in [4.69, 9.17) is 9.47 Å². The molecular formula is C23H21F5N4O3. The molecular weight excluding hydrogens is 475 g/mol. The summed E-state index contributed by atoms with van der Waals surface area (Å²) in [4.78, 5) is 21.3. The van der Waals surface area contributed by atoms with Gasteiger partial charge in [-0.1, -0.05) is 13.0 Å². The van der Waals surface area contributed by atoms with E-state index in [9.17, 15) is 26.7 Å². The number of imidazole rings is 1. The SMILES string of the molecule is COc1c([C@H]2[C@H](C(=O)Nc3ccc(-n4ccnc4)nc3)O[C@@](C)(C(F)(F)F)[C@H]2C)ccc(F)c1F. The highest BCUT2D eigenvalue weighted by atomic mass is 19.4.